The van der Waals surface area contributed by atoms with Crippen LogP contribution in [0.25, 0.3) is 22.1 Å². The number of aromatic nitrogens is 2. The fourth-order valence-electron chi connectivity index (χ4n) is 3.00. The maximum absolute atomic E-state index is 12.6. The van der Waals surface area contributed by atoms with E-state index >= 15 is 0 Å². The lowest BCUT2D eigenvalue weighted by atomic mass is 10.1. The molecule has 0 radical (unpaired) electrons. The van der Waals surface area contributed by atoms with Crippen molar-refractivity contribution in [3.63, 3.8) is 0 Å². The second-order valence-corrected chi connectivity index (χ2v) is 5.94. The maximum atomic E-state index is 12.6. The SMILES string of the molecule is O=C(c1ccc2nc3ccccc3nc2c1)N1CCC(O)CC1. The van der Waals surface area contributed by atoms with Crippen LogP contribution in [0.4, 0.5) is 0 Å². The minimum Gasteiger partial charge on any atom is -0.393 e. The Morgan fingerprint density at radius 3 is 2.26 bits per heavy atom. The minimum atomic E-state index is -0.284. The highest BCUT2D eigenvalue weighted by molar-refractivity contribution is 5.98. The number of aliphatic hydroxyl groups is 1. The van der Waals surface area contributed by atoms with E-state index in [1.807, 2.05) is 36.4 Å². The molecule has 4 rings (SSSR count). The molecule has 0 bridgehead atoms. The molecule has 0 saturated carbocycles. The second kappa shape index (κ2) is 5.59. The van der Waals surface area contributed by atoms with E-state index in [9.17, 15) is 9.90 Å². The summed E-state index contributed by atoms with van der Waals surface area (Å²) in [4.78, 5) is 23.6. The first-order valence-electron chi connectivity index (χ1n) is 7.84. The van der Waals surface area contributed by atoms with Crippen molar-refractivity contribution in [3.8, 4) is 0 Å². The van der Waals surface area contributed by atoms with E-state index in [-0.39, 0.29) is 12.0 Å². The van der Waals surface area contributed by atoms with Gasteiger partial charge in [0.1, 0.15) is 0 Å². The smallest absolute Gasteiger partial charge is 0.253 e. The molecule has 2 aromatic carbocycles. The molecule has 3 aromatic rings. The van der Waals surface area contributed by atoms with Crippen molar-refractivity contribution in [1.82, 2.24) is 14.9 Å². The number of rotatable bonds is 1. The van der Waals surface area contributed by atoms with E-state index in [2.05, 4.69) is 9.97 Å². The van der Waals surface area contributed by atoms with Crippen LogP contribution < -0.4 is 0 Å². The van der Waals surface area contributed by atoms with E-state index < -0.39 is 0 Å². The monoisotopic (exact) mass is 307 g/mol. The van der Waals surface area contributed by atoms with E-state index in [0.717, 1.165) is 22.1 Å². The highest BCUT2D eigenvalue weighted by Crippen LogP contribution is 2.19. The van der Waals surface area contributed by atoms with Crippen molar-refractivity contribution < 1.29 is 9.90 Å². The number of likely N-dealkylation sites (tertiary alicyclic amines) is 1. The number of hydrogen-bond acceptors (Lipinski definition) is 4. The molecule has 1 aliphatic heterocycles. The van der Waals surface area contributed by atoms with E-state index in [4.69, 9.17) is 0 Å². The number of carbonyl (C=O) groups excluding carboxylic acids is 1. The molecule has 5 nitrogen and oxygen atoms in total. The lowest BCUT2D eigenvalue weighted by molar-refractivity contribution is 0.0546. The van der Waals surface area contributed by atoms with Crippen LogP contribution in [0.15, 0.2) is 42.5 Å². The van der Waals surface area contributed by atoms with Crippen molar-refractivity contribution in [1.29, 1.82) is 0 Å². The second-order valence-electron chi connectivity index (χ2n) is 5.94. The normalized spacial score (nSPS) is 16.1. The van der Waals surface area contributed by atoms with Crippen molar-refractivity contribution in [3.05, 3.63) is 48.0 Å². The van der Waals surface area contributed by atoms with Gasteiger partial charge in [-0.3, -0.25) is 4.79 Å². The molecule has 1 aliphatic rings. The molecule has 0 unspecified atom stereocenters. The molecule has 116 valence electrons. The van der Waals surface area contributed by atoms with Gasteiger partial charge in [-0.25, -0.2) is 9.97 Å². The first-order valence-corrected chi connectivity index (χ1v) is 7.84. The summed E-state index contributed by atoms with van der Waals surface area (Å²) in [6.07, 6.45) is 1.00. The van der Waals surface area contributed by atoms with Crippen molar-refractivity contribution in [2.24, 2.45) is 0 Å². The fraction of sp³-hybridized carbons (Fsp3) is 0.278. The fourth-order valence-corrected chi connectivity index (χ4v) is 3.00. The number of benzene rings is 2. The third-order valence-corrected chi connectivity index (χ3v) is 4.34. The van der Waals surface area contributed by atoms with Crippen LogP contribution in [-0.2, 0) is 0 Å². The molecule has 0 aliphatic carbocycles. The van der Waals surface area contributed by atoms with Gasteiger partial charge in [0.15, 0.2) is 0 Å². The summed E-state index contributed by atoms with van der Waals surface area (Å²) >= 11 is 0. The minimum absolute atomic E-state index is 0.00578. The zero-order chi connectivity index (χ0) is 15.8. The number of carbonyl (C=O) groups is 1. The Bertz CT molecular complexity index is 886. The van der Waals surface area contributed by atoms with Crippen molar-refractivity contribution in [2.75, 3.05) is 13.1 Å². The molecule has 23 heavy (non-hydrogen) atoms. The van der Waals surface area contributed by atoms with Gasteiger partial charge in [0, 0.05) is 18.7 Å². The van der Waals surface area contributed by atoms with Crippen LogP contribution in [0, 0.1) is 0 Å². The molecular formula is C18H17N3O2. The standard InChI is InChI=1S/C18H17N3O2/c22-13-7-9-21(10-8-13)18(23)12-5-6-16-17(11-12)20-15-4-2-1-3-14(15)19-16/h1-6,11,13,22H,7-10H2. The average Bonchev–Trinajstić information content (AvgIpc) is 2.59. The summed E-state index contributed by atoms with van der Waals surface area (Å²) in [5.74, 6) is -0.00578. The van der Waals surface area contributed by atoms with Gasteiger partial charge in [0.25, 0.3) is 5.91 Å². The Hall–Kier alpha value is -2.53. The molecular weight excluding hydrogens is 290 g/mol. The molecule has 0 atom stereocenters. The third kappa shape index (κ3) is 2.64. The van der Waals surface area contributed by atoms with E-state index in [1.54, 1.807) is 11.0 Å². The summed E-state index contributed by atoms with van der Waals surface area (Å²) in [6.45, 7) is 1.20. The van der Waals surface area contributed by atoms with Gasteiger partial charge >= 0.3 is 0 Å². The van der Waals surface area contributed by atoms with Gasteiger partial charge in [0.05, 0.1) is 28.2 Å². The van der Waals surface area contributed by atoms with Crippen LogP contribution in [0.5, 0.6) is 0 Å². The number of aliphatic hydroxyl groups excluding tert-OH is 1. The summed E-state index contributed by atoms with van der Waals surface area (Å²) < 4.78 is 0. The number of piperidine rings is 1. The van der Waals surface area contributed by atoms with Gasteiger partial charge in [-0.15, -0.1) is 0 Å². The predicted octanol–water partition coefficient (Wildman–Crippen LogP) is 2.38. The van der Waals surface area contributed by atoms with Crippen LogP contribution in [-0.4, -0.2) is 45.1 Å². The number of nitrogens with zero attached hydrogens (tertiary/aromatic N) is 3. The highest BCUT2D eigenvalue weighted by Gasteiger charge is 2.22. The Morgan fingerprint density at radius 1 is 0.957 bits per heavy atom. The molecule has 1 saturated heterocycles. The molecule has 2 heterocycles. The Morgan fingerprint density at radius 2 is 1.57 bits per heavy atom. The number of hydrogen-bond donors (Lipinski definition) is 1. The van der Waals surface area contributed by atoms with E-state index in [0.29, 0.717) is 31.5 Å². The Balaban J connectivity index is 1.70. The Labute approximate surface area is 133 Å². The quantitative estimate of drug-likeness (QED) is 0.701. The summed E-state index contributed by atoms with van der Waals surface area (Å²) in [6, 6.07) is 13.2. The number of amides is 1. The predicted molar refractivity (Wildman–Crippen MR) is 88.2 cm³/mol. The van der Waals surface area contributed by atoms with E-state index in [1.165, 1.54) is 0 Å². The molecule has 1 aromatic heterocycles. The molecule has 0 spiro atoms. The van der Waals surface area contributed by atoms with Gasteiger partial charge < -0.3 is 10.0 Å². The van der Waals surface area contributed by atoms with Crippen LogP contribution in [0.2, 0.25) is 0 Å². The summed E-state index contributed by atoms with van der Waals surface area (Å²) in [5, 5.41) is 9.57. The van der Waals surface area contributed by atoms with Gasteiger partial charge in [0.2, 0.25) is 0 Å². The molecule has 1 N–H and O–H groups in total. The molecule has 1 fully saturated rings. The topological polar surface area (TPSA) is 66.3 Å². The van der Waals surface area contributed by atoms with Crippen LogP contribution in [0.3, 0.4) is 0 Å². The van der Waals surface area contributed by atoms with Gasteiger partial charge in [-0.1, -0.05) is 12.1 Å². The number of fused-ring (bicyclic) bond motifs is 2. The summed E-state index contributed by atoms with van der Waals surface area (Å²) in [5.41, 5.74) is 3.81. The zero-order valence-electron chi connectivity index (χ0n) is 12.6. The average molecular weight is 307 g/mol. The summed E-state index contributed by atoms with van der Waals surface area (Å²) in [7, 11) is 0. The van der Waals surface area contributed by atoms with Crippen molar-refractivity contribution in [2.45, 2.75) is 18.9 Å². The molecule has 5 heteroatoms. The molecule has 1 amide bonds. The van der Waals surface area contributed by atoms with Crippen molar-refractivity contribution >= 4 is 28.0 Å². The lowest BCUT2D eigenvalue weighted by Gasteiger charge is -2.29. The van der Waals surface area contributed by atoms with Gasteiger partial charge in [-0.05, 0) is 43.2 Å². The maximum Gasteiger partial charge on any atom is 0.253 e. The number of para-hydroxylation sites is 2. The Kier molecular flexibility index (Phi) is 3.42. The third-order valence-electron chi connectivity index (χ3n) is 4.34. The highest BCUT2D eigenvalue weighted by atomic mass is 16.3. The van der Waals surface area contributed by atoms with Crippen LogP contribution in [0.1, 0.15) is 23.2 Å². The lowest BCUT2D eigenvalue weighted by Crippen LogP contribution is -2.40. The zero-order valence-corrected chi connectivity index (χ0v) is 12.6. The first kappa shape index (κ1) is 14.1. The largest absolute Gasteiger partial charge is 0.393 e. The van der Waals surface area contributed by atoms with Gasteiger partial charge in [-0.2, -0.15) is 0 Å². The van der Waals surface area contributed by atoms with Crippen LogP contribution >= 0.6 is 0 Å². The first-order chi connectivity index (χ1) is 11.2.